The predicted octanol–water partition coefficient (Wildman–Crippen LogP) is 1.55. The van der Waals surface area contributed by atoms with Crippen molar-refractivity contribution < 1.29 is 31.9 Å². The van der Waals surface area contributed by atoms with E-state index in [2.05, 4.69) is 0 Å². The molecule has 1 heterocycles. The number of nitrogens with one attached hydrogen (secondary N) is 1. The van der Waals surface area contributed by atoms with E-state index in [1.54, 1.807) is 5.32 Å². The van der Waals surface area contributed by atoms with Crippen LogP contribution in [0, 0.1) is 5.82 Å². The number of urea groups is 1. The number of hydrogen-bond acceptors (Lipinski definition) is 3. The van der Waals surface area contributed by atoms with Crippen LogP contribution in [0.2, 0.25) is 0 Å². The molecule has 1 aliphatic rings. The lowest BCUT2D eigenvalue weighted by molar-refractivity contribution is -0.159. The van der Waals surface area contributed by atoms with Gasteiger partial charge in [0.05, 0.1) is 0 Å². The summed E-state index contributed by atoms with van der Waals surface area (Å²) in [5.74, 6) is -4.60. The van der Waals surface area contributed by atoms with Crippen LogP contribution in [-0.4, -0.2) is 35.5 Å². The number of amides is 4. The molecule has 5 nitrogen and oxygen atoms in total. The maximum atomic E-state index is 12.8. The Hall–Kier alpha value is -2.45. The molecule has 21 heavy (non-hydrogen) atoms. The van der Waals surface area contributed by atoms with Crippen LogP contribution >= 0.6 is 0 Å². The third kappa shape index (κ3) is 3.18. The number of imide groups is 2. The first-order valence-electron chi connectivity index (χ1n) is 5.67. The van der Waals surface area contributed by atoms with Gasteiger partial charge in [-0.05, 0) is 17.7 Å². The number of barbiturate groups is 1. The van der Waals surface area contributed by atoms with Gasteiger partial charge in [-0.1, -0.05) is 12.1 Å². The van der Waals surface area contributed by atoms with Crippen molar-refractivity contribution >= 4 is 17.8 Å². The summed E-state index contributed by atoms with van der Waals surface area (Å²) in [5.41, 5.74) is -0.00132. The van der Waals surface area contributed by atoms with E-state index >= 15 is 0 Å². The maximum absolute atomic E-state index is 12.8. The second-order valence-corrected chi connectivity index (χ2v) is 4.32. The van der Waals surface area contributed by atoms with E-state index in [4.69, 9.17) is 0 Å². The van der Waals surface area contributed by atoms with E-state index in [0.29, 0.717) is 0 Å². The first kappa shape index (κ1) is 14.9. The molecule has 0 aliphatic carbocycles. The summed E-state index contributed by atoms with van der Waals surface area (Å²) in [6.45, 7) is -1.80. The summed E-state index contributed by atoms with van der Waals surface area (Å²) in [7, 11) is 0. The Labute approximate surface area is 115 Å². The van der Waals surface area contributed by atoms with Gasteiger partial charge in [0.15, 0.2) is 0 Å². The van der Waals surface area contributed by atoms with Gasteiger partial charge in [0.2, 0.25) is 11.8 Å². The van der Waals surface area contributed by atoms with Crippen molar-refractivity contribution in [1.29, 1.82) is 0 Å². The molecule has 1 aliphatic heterocycles. The molecular weight excluding hydrogens is 296 g/mol. The molecule has 0 bridgehead atoms. The maximum Gasteiger partial charge on any atom is 0.406 e. The lowest BCUT2D eigenvalue weighted by atomic mass is 9.95. The monoisotopic (exact) mass is 304 g/mol. The summed E-state index contributed by atoms with van der Waals surface area (Å²) in [5, 5.41) is 1.68. The second kappa shape index (κ2) is 5.15. The number of rotatable bonds is 2. The summed E-state index contributed by atoms with van der Waals surface area (Å²) < 4.78 is 49.9. The number of alkyl halides is 3. The molecule has 4 amide bonds. The highest BCUT2D eigenvalue weighted by atomic mass is 19.4. The number of nitrogens with zero attached hydrogens (tertiary/aromatic N) is 1. The van der Waals surface area contributed by atoms with E-state index in [0.717, 1.165) is 24.3 Å². The lowest BCUT2D eigenvalue weighted by Crippen LogP contribution is -2.58. The Morgan fingerprint density at radius 3 is 2.19 bits per heavy atom. The minimum Gasteiger partial charge on any atom is -0.277 e. The highest BCUT2D eigenvalue weighted by Gasteiger charge is 2.45. The van der Waals surface area contributed by atoms with Crippen LogP contribution in [0.4, 0.5) is 22.4 Å². The third-order valence-corrected chi connectivity index (χ3v) is 2.79. The zero-order valence-corrected chi connectivity index (χ0v) is 10.3. The largest absolute Gasteiger partial charge is 0.406 e. The number of hydrogen-bond donors (Lipinski definition) is 1. The van der Waals surface area contributed by atoms with Gasteiger partial charge in [-0.2, -0.15) is 13.2 Å². The fraction of sp³-hybridized carbons (Fsp3) is 0.250. The summed E-state index contributed by atoms with van der Waals surface area (Å²) in [6.07, 6.45) is -4.79. The van der Waals surface area contributed by atoms with Crippen LogP contribution < -0.4 is 5.32 Å². The molecule has 1 N–H and O–H groups in total. The van der Waals surface area contributed by atoms with Crippen molar-refractivity contribution in [3.63, 3.8) is 0 Å². The topological polar surface area (TPSA) is 66.5 Å². The van der Waals surface area contributed by atoms with Crippen molar-refractivity contribution in [2.75, 3.05) is 6.54 Å². The third-order valence-electron chi connectivity index (χ3n) is 2.79. The van der Waals surface area contributed by atoms with Crippen molar-refractivity contribution in [1.82, 2.24) is 10.2 Å². The average molecular weight is 304 g/mol. The number of carbonyl (C=O) groups is 3. The Balaban J connectivity index is 2.33. The molecule has 1 saturated heterocycles. The summed E-state index contributed by atoms with van der Waals surface area (Å²) in [6, 6.07) is 2.68. The van der Waals surface area contributed by atoms with Crippen molar-refractivity contribution in [3.8, 4) is 0 Å². The minimum atomic E-state index is -4.79. The minimum absolute atomic E-state index is 0.00132. The lowest BCUT2D eigenvalue weighted by Gasteiger charge is -2.30. The van der Waals surface area contributed by atoms with E-state index < -0.39 is 42.3 Å². The van der Waals surface area contributed by atoms with Crippen LogP contribution in [-0.2, 0) is 9.59 Å². The van der Waals surface area contributed by atoms with E-state index in [9.17, 15) is 31.9 Å². The van der Waals surface area contributed by atoms with Crippen molar-refractivity contribution in [3.05, 3.63) is 35.6 Å². The highest BCUT2D eigenvalue weighted by molar-refractivity contribution is 6.19. The predicted molar refractivity (Wildman–Crippen MR) is 60.4 cm³/mol. The molecule has 1 aromatic carbocycles. The fourth-order valence-corrected chi connectivity index (χ4v) is 1.89. The fourth-order valence-electron chi connectivity index (χ4n) is 1.89. The Kier molecular flexibility index (Phi) is 3.67. The zero-order valence-electron chi connectivity index (χ0n) is 10.3. The molecule has 2 rings (SSSR count). The molecule has 0 radical (unpaired) electrons. The molecule has 1 aromatic rings. The molecule has 1 fully saturated rings. The molecule has 0 spiro atoms. The first-order chi connectivity index (χ1) is 9.69. The summed E-state index contributed by atoms with van der Waals surface area (Å²) >= 11 is 0. The van der Waals surface area contributed by atoms with Crippen LogP contribution in [0.25, 0.3) is 0 Å². The van der Waals surface area contributed by atoms with E-state index in [-0.39, 0.29) is 10.5 Å². The number of halogens is 4. The molecule has 9 heteroatoms. The van der Waals surface area contributed by atoms with Crippen LogP contribution in [0.3, 0.4) is 0 Å². The van der Waals surface area contributed by atoms with Gasteiger partial charge < -0.3 is 0 Å². The summed E-state index contributed by atoms with van der Waals surface area (Å²) in [4.78, 5) is 34.9. The van der Waals surface area contributed by atoms with Crippen LogP contribution in [0.15, 0.2) is 24.3 Å². The zero-order chi connectivity index (χ0) is 15.8. The Morgan fingerprint density at radius 2 is 1.67 bits per heavy atom. The van der Waals surface area contributed by atoms with Gasteiger partial charge in [-0.25, -0.2) is 9.18 Å². The first-order valence-corrected chi connectivity index (χ1v) is 5.67. The van der Waals surface area contributed by atoms with Crippen molar-refractivity contribution in [2.24, 2.45) is 0 Å². The normalized spacial score (nSPS) is 19.7. The molecule has 0 aromatic heterocycles. The molecular formula is C12H8F4N2O3. The van der Waals surface area contributed by atoms with Gasteiger partial charge in [0.1, 0.15) is 18.3 Å². The molecule has 112 valence electrons. The quantitative estimate of drug-likeness (QED) is 0.666. The standard InChI is InChI=1S/C12H8F4N2O3/c13-7-3-1-6(2-4-7)8-9(19)17-11(21)18(10(8)20)5-12(14,15)16/h1-4,8H,5H2,(H,17,19,21). The average Bonchev–Trinajstić information content (AvgIpc) is 2.35. The van der Waals surface area contributed by atoms with Gasteiger partial charge in [-0.3, -0.25) is 19.8 Å². The van der Waals surface area contributed by atoms with E-state index in [1.807, 2.05) is 0 Å². The van der Waals surface area contributed by atoms with E-state index in [1.165, 1.54) is 0 Å². The van der Waals surface area contributed by atoms with Crippen molar-refractivity contribution in [2.45, 2.75) is 12.1 Å². The second-order valence-electron chi connectivity index (χ2n) is 4.32. The van der Waals surface area contributed by atoms with Gasteiger partial charge >= 0.3 is 12.2 Å². The SMILES string of the molecule is O=C1NC(=O)N(CC(F)(F)F)C(=O)C1c1ccc(F)cc1. The van der Waals surface area contributed by atoms with Gasteiger partial charge in [-0.15, -0.1) is 0 Å². The Morgan fingerprint density at radius 1 is 1.10 bits per heavy atom. The van der Waals surface area contributed by atoms with Gasteiger partial charge in [0, 0.05) is 0 Å². The molecule has 1 unspecified atom stereocenters. The molecule has 1 atom stereocenters. The van der Waals surface area contributed by atoms with Crippen LogP contribution in [0.5, 0.6) is 0 Å². The highest BCUT2D eigenvalue weighted by Crippen LogP contribution is 2.26. The Bertz CT molecular complexity index is 598. The smallest absolute Gasteiger partial charge is 0.277 e. The van der Waals surface area contributed by atoms with Crippen LogP contribution in [0.1, 0.15) is 11.5 Å². The number of carbonyl (C=O) groups excluding carboxylic acids is 3. The molecule has 0 saturated carbocycles. The number of benzene rings is 1. The van der Waals surface area contributed by atoms with Gasteiger partial charge in [0.25, 0.3) is 0 Å².